The molecule has 1 aromatic carbocycles. The van der Waals surface area contributed by atoms with E-state index in [1.54, 1.807) is 23.7 Å². The Morgan fingerprint density at radius 2 is 1.77 bits per heavy atom. The molecule has 0 atom stereocenters. The van der Waals surface area contributed by atoms with Crippen LogP contribution in [0, 0.1) is 6.92 Å². The number of benzene rings is 1. The lowest BCUT2D eigenvalue weighted by atomic mass is 10.0. The highest BCUT2D eigenvalue weighted by atomic mass is 16.2. The van der Waals surface area contributed by atoms with Crippen molar-refractivity contribution >= 4 is 5.78 Å². The van der Waals surface area contributed by atoms with Gasteiger partial charge in [0.15, 0.2) is 5.78 Å². The van der Waals surface area contributed by atoms with Crippen molar-refractivity contribution < 1.29 is 4.79 Å². The molecule has 1 N–H and O–H groups in total. The molecule has 0 aliphatic heterocycles. The van der Waals surface area contributed by atoms with E-state index in [-0.39, 0.29) is 16.9 Å². The Morgan fingerprint density at radius 3 is 2.45 bits per heavy atom. The first kappa shape index (κ1) is 16.3. The van der Waals surface area contributed by atoms with Crippen LogP contribution >= 0.6 is 0 Å². The largest absolute Gasteiger partial charge is 0.299 e. The standard InChI is InChI=1S/C18H24N2O2/c1-3-4-5-6-10-13-20-18(22)16(14(2)19-20)17(21)15-11-8-7-9-12-15/h7-9,11-12,19H,3-6,10,13H2,1-2H3. The molecule has 22 heavy (non-hydrogen) atoms. The summed E-state index contributed by atoms with van der Waals surface area (Å²) in [4.78, 5) is 24.9. The van der Waals surface area contributed by atoms with E-state index in [1.807, 2.05) is 18.2 Å². The number of carbonyl (C=O) groups is 1. The van der Waals surface area contributed by atoms with E-state index in [1.165, 1.54) is 19.3 Å². The summed E-state index contributed by atoms with van der Waals surface area (Å²) < 4.78 is 1.57. The number of H-pyrrole nitrogens is 1. The average Bonchev–Trinajstić information content (AvgIpc) is 2.81. The first-order chi connectivity index (χ1) is 10.6. The Kier molecular flexibility index (Phi) is 5.75. The van der Waals surface area contributed by atoms with Crippen molar-refractivity contribution in [3.63, 3.8) is 0 Å². The summed E-state index contributed by atoms with van der Waals surface area (Å²) in [5.41, 5.74) is 1.26. The second-order valence-corrected chi connectivity index (χ2v) is 5.68. The lowest BCUT2D eigenvalue weighted by Crippen LogP contribution is -2.22. The van der Waals surface area contributed by atoms with Gasteiger partial charge in [0.25, 0.3) is 5.56 Å². The molecule has 0 aliphatic carbocycles. The number of unbranched alkanes of at least 4 members (excludes halogenated alkanes) is 4. The monoisotopic (exact) mass is 300 g/mol. The number of hydrogen-bond acceptors (Lipinski definition) is 2. The third-order valence-electron chi connectivity index (χ3n) is 3.88. The zero-order valence-electron chi connectivity index (χ0n) is 13.4. The number of aromatic nitrogens is 2. The third kappa shape index (κ3) is 3.75. The molecule has 0 amide bonds. The van der Waals surface area contributed by atoms with Crippen molar-refractivity contribution in [1.82, 2.24) is 9.78 Å². The Morgan fingerprint density at radius 1 is 1.09 bits per heavy atom. The Labute approximate surface area is 131 Å². The van der Waals surface area contributed by atoms with Crippen molar-refractivity contribution in [3.8, 4) is 0 Å². The molecule has 0 aliphatic rings. The van der Waals surface area contributed by atoms with Crippen molar-refractivity contribution in [1.29, 1.82) is 0 Å². The van der Waals surface area contributed by atoms with Crippen molar-refractivity contribution in [2.75, 3.05) is 0 Å². The average molecular weight is 300 g/mol. The molecule has 0 radical (unpaired) electrons. The van der Waals surface area contributed by atoms with Gasteiger partial charge in [-0.1, -0.05) is 62.9 Å². The molecule has 0 fully saturated rings. The third-order valence-corrected chi connectivity index (χ3v) is 3.88. The van der Waals surface area contributed by atoms with Crippen LogP contribution in [0.5, 0.6) is 0 Å². The minimum absolute atomic E-state index is 0.205. The molecule has 2 rings (SSSR count). The summed E-state index contributed by atoms with van der Waals surface area (Å²) in [5.74, 6) is -0.205. The SMILES string of the molecule is CCCCCCCn1[nH]c(C)c(C(=O)c2ccccc2)c1=O. The van der Waals surface area contributed by atoms with Gasteiger partial charge in [-0.25, -0.2) is 0 Å². The summed E-state index contributed by atoms with van der Waals surface area (Å²) in [6, 6.07) is 8.95. The molecule has 0 bridgehead atoms. The van der Waals surface area contributed by atoms with Gasteiger partial charge in [0.05, 0.1) is 0 Å². The summed E-state index contributed by atoms with van der Waals surface area (Å²) in [7, 11) is 0. The highest BCUT2D eigenvalue weighted by molar-refractivity contribution is 6.09. The van der Waals surface area contributed by atoms with Crippen molar-refractivity contribution in [2.45, 2.75) is 52.5 Å². The molecule has 0 unspecified atom stereocenters. The van der Waals surface area contributed by atoms with Gasteiger partial charge in [0.2, 0.25) is 0 Å². The molecule has 4 nitrogen and oxygen atoms in total. The van der Waals surface area contributed by atoms with E-state index in [0.29, 0.717) is 17.8 Å². The van der Waals surface area contributed by atoms with Crippen LogP contribution in [0.2, 0.25) is 0 Å². The minimum atomic E-state index is -0.207. The summed E-state index contributed by atoms with van der Waals surface area (Å²) in [6.07, 6.45) is 5.70. The number of aryl methyl sites for hydroxylation is 2. The zero-order valence-corrected chi connectivity index (χ0v) is 13.4. The second-order valence-electron chi connectivity index (χ2n) is 5.68. The second kappa shape index (κ2) is 7.78. The van der Waals surface area contributed by atoms with Crippen LogP contribution in [0.15, 0.2) is 35.1 Å². The molecule has 4 heteroatoms. The first-order valence-electron chi connectivity index (χ1n) is 8.04. The lowest BCUT2D eigenvalue weighted by Gasteiger charge is -2.01. The summed E-state index contributed by atoms with van der Waals surface area (Å²) in [6.45, 7) is 4.61. The van der Waals surface area contributed by atoms with Gasteiger partial charge in [-0.2, -0.15) is 0 Å². The predicted molar refractivity (Wildman–Crippen MR) is 88.4 cm³/mol. The predicted octanol–water partition coefficient (Wildman–Crippen LogP) is 3.69. The van der Waals surface area contributed by atoms with Crippen LogP contribution in [0.3, 0.4) is 0 Å². The maximum Gasteiger partial charge on any atom is 0.278 e. The van der Waals surface area contributed by atoms with Gasteiger partial charge in [0, 0.05) is 17.8 Å². The number of carbonyl (C=O) groups excluding carboxylic acids is 1. The van der Waals surface area contributed by atoms with Crippen LogP contribution in [0.25, 0.3) is 0 Å². The van der Waals surface area contributed by atoms with Crippen molar-refractivity contribution in [3.05, 3.63) is 57.5 Å². The molecule has 2 aromatic rings. The molecular formula is C18H24N2O2. The van der Waals surface area contributed by atoms with Gasteiger partial charge < -0.3 is 0 Å². The molecule has 0 saturated heterocycles. The van der Waals surface area contributed by atoms with Gasteiger partial charge in [0.1, 0.15) is 5.56 Å². The van der Waals surface area contributed by atoms with E-state index in [0.717, 1.165) is 12.8 Å². The topological polar surface area (TPSA) is 54.9 Å². The minimum Gasteiger partial charge on any atom is -0.299 e. The Bertz CT molecular complexity index is 668. The number of aromatic amines is 1. The van der Waals surface area contributed by atoms with Gasteiger partial charge in [-0.3, -0.25) is 19.4 Å². The lowest BCUT2D eigenvalue weighted by molar-refractivity contribution is 0.103. The molecule has 0 saturated carbocycles. The molecular weight excluding hydrogens is 276 g/mol. The van der Waals surface area contributed by atoms with E-state index in [4.69, 9.17) is 0 Å². The van der Waals surface area contributed by atoms with Crippen LogP contribution in [0.1, 0.15) is 60.6 Å². The smallest absolute Gasteiger partial charge is 0.278 e. The van der Waals surface area contributed by atoms with Crippen LogP contribution < -0.4 is 5.56 Å². The first-order valence-corrected chi connectivity index (χ1v) is 8.04. The van der Waals surface area contributed by atoms with Crippen molar-refractivity contribution in [2.24, 2.45) is 0 Å². The maximum atomic E-state index is 12.5. The fourth-order valence-electron chi connectivity index (χ4n) is 2.64. The summed E-state index contributed by atoms with van der Waals surface area (Å²) >= 11 is 0. The van der Waals surface area contributed by atoms with E-state index >= 15 is 0 Å². The van der Waals surface area contributed by atoms with E-state index in [2.05, 4.69) is 12.0 Å². The normalized spacial score (nSPS) is 10.8. The van der Waals surface area contributed by atoms with Gasteiger partial charge in [-0.15, -0.1) is 0 Å². The van der Waals surface area contributed by atoms with E-state index in [9.17, 15) is 9.59 Å². The number of hydrogen-bond donors (Lipinski definition) is 1. The van der Waals surface area contributed by atoms with Crippen LogP contribution in [-0.2, 0) is 6.54 Å². The number of rotatable bonds is 8. The Balaban J connectivity index is 2.11. The Hall–Kier alpha value is -2.10. The van der Waals surface area contributed by atoms with Gasteiger partial charge in [-0.05, 0) is 13.3 Å². The highest BCUT2D eigenvalue weighted by Crippen LogP contribution is 2.10. The number of nitrogens with zero attached hydrogens (tertiary/aromatic N) is 1. The zero-order chi connectivity index (χ0) is 15.9. The van der Waals surface area contributed by atoms with Crippen LogP contribution in [-0.4, -0.2) is 15.6 Å². The fraction of sp³-hybridized carbons (Fsp3) is 0.444. The highest BCUT2D eigenvalue weighted by Gasteiger charge is 2.19. The molecule has 0 spiro atoms. The van der Waals surface area contributed by atoms with Gasteiger partial charge >= 0.3 is 0 Å². The number of nitrogens with one attached hydrogen (secondary N) is 1. The fourth-order valence-corrected chi connectivity index (χ4v) is 2.64. The summed E-state index contributed by atoms with van der Waals surface area (Å²) in [5, 5.41) is 3.04. The van der Waals surface area contributed by atoms with E-state index < -0.39 is 0 Å². The number of ketones is 1. The van der Waals surface area contributed by atoms with Crippen LogP contribution in [0.4, 0.5) is 0 Å². The maximum absolute atomic E-state index is 12.5. The quantitative estimate of drug-likeness (QED) is 0.597. The molecule has 118 valence electrons. The molecule has 1 heterocycles. The molecule has 1 aromatic heterocycles.